The van der Waals surface area contributed by atoms with Crippen LogP contribution >= 0.6 is 11.6 Å². The summed E-state index contributed by atoms with van der Waals surface area (Å²) in [5.74, 6) is -1.16. The summed E-state index contributed by atoms with van der Waals surface area (Å²) < 4.78 is 36.5. The summed E-state index contributed by atoms with van der Waals surface area (Å²) >= 11 is 5.46. The van der Waals surface area contributed by atoms with Crippen LogP contribution < -0.4 is 0 Å². The molecule has 104 valence electrons. The van der Waals surface area contributed by atoms with Crippen molar-refractivity contribution in [3.05, 3.63) is 33.1 Å². The number of aromatic nitrogens is 1. The number of nitrogens with zero attached hydrogens (tertiary/aromatic N) is 3. The smallest absolute Gasteiger partial charge is 0.332 e. The summed E-state index contributed by atoms with van der Waals surface area (Å²) in [4.78, 5) is 25.2. The molecule has 0 saturated heterocycles. The van der Waals surface area contributed by atoms with Crippen molar-refractivity contribution in [2.24, 2.45) is 0 Å². The van der Waals surface area contributed by atoms with E-state index in [1.807, 2.05) is 0 Å². The number of hydrogen-bond acceptors (Lipinski definition) is 4. The fourth-order valence-electron chi connectivity index (χ4n) is 1.32. The molecule has 1 rings (SSSR count). The molecule has 1 aromatic heterocycles. The molecule has 0 aliphatic carbocycles. The Morgan fingerprint density at radius 1 is 1.58 bits per heavy atom. The van der Waals surface area contributed by atoms with Gasteiger partial charge in [-0.25, -0.2) is 4.98 Å². The molecule has 0 bridgehead atoms. The summed E-state index contributed by atoms with van der Waals surface area (Å²) in [5.41, 5.74) is -1.36. The maximum atomic E-state index is 12.2. The van der Waals surface area contributed by atoms with Crippen LogP contribution in [0, 0.1) is 10.1 Å². The van der Waals surface area contributed by atoms with E-state index >= 15 is 0 Å². The molecule has 0 atom stereocenters. The van der Waals surface area contributed by atoms with Gasteiger partial charge in [-0.1, -0.05) is 11.6 Å². The molecular weight excluding hydrogens is 291 g/mol. The van der Waals surface area contributed by atoms with Crippen LogP contribution in [-0.2, 0) is 0 Å². The molecule has 0 aliphatic heterocycles. The minimum atomic E-state index is -4.60. The number of halogens is 4. The molecule has 0 aliphatic rings. The molecule has 0 saturated carbocycles. The van der Waals surface area contributed by atoms with Crippen LogP contribution in [0.5, 0.6) is 0 Å². The lowest BCUT2D eigenvalue weighted by Crippen LogP contribution is -2.36. The van der Waals surface area contributed by atoms with E-state index in [9.17, 15) is 28.1 Å². The van der Waals surface area contributed by atoms with Crippen LogP contribution in [0.3, 0.4) is 0 Å². The number of nitro groups is 1. The third-order valence-corrected chi connectivity index (χ3v) is 2.33. The third-order valence-electron chi connectivity index (χ3n) is 2.06. The molecule has 10 heteroatoms. The van der Waals surface area contributed by atoms with Gasteiger partial charge in [-0.3, -0.25) is 14.9 Å². The predicted octanol–water partition coefficient (Wildman–Crippen LogP) is 2.28. The van der Waals surface area contributed by atoms with Gasteiger partial charge in [0.05, 0.1) is 4.92 Å². The van der Waals surface area contributed by atoms with Gasteiger partial charge in [0.1, 0.15) is 12.1 Å². The Kier molecular flexibility index (Phi) is 4.30. The van der Waals surface area contributed by atoms with Crippen molar-refractivity contribution in [3.8, 4) is 0 Å². The second-order valence-electron chi connectivity index (χ2n) is 3.53. The Bertz CT molecular complexity index is 521. The summed E-state index contributed by atoms with van der Waals surface area (Å²) in [5, 5.41) is 10.2. The van der Waals surface area contributed by atoms with Crippen molar-refractivity contribution in [2.45, 2.75) is 6.18 Å². The quantitative estimate of drug-likeness (QED) is 0.487. The topological polar surface area (TPSA) is 76.3 Å². The zero-order valence-corrected chi connectivity index (χ0v) is 10.2. The highest BCUT2D eigenvalue weighted by Gasteiger charge is 2.34. The van der Waals surface area contributed by atoms with Gasteiger partial charge in [0.15, 0.2) is 0 Å². The van der Waals surface area contributed by atoms with Crippen LogP contribution in [-0.4, -0.2) is 40.5 Å². The van der Waals surface area contributed by atoms with Crippen LogP contribution in [0.1, 0.15) is 10.4 Å². The van der Waals surface area contributed by atoms with E-state index in [1.54, 1.807) is 0 Å². The van der Waals surface area contributed by atoms with Gasteiger partial charge in [0, 0.05) is 13.2 Å². The minimum Gasteiger partial charge on any atom is -0.332 e. The van der Waals surface area contributed by atoms with Crippen molar-refractivity contribution < 1.29 is 22.9 Å². The molecule has 0 N–H and O–H groups in total. The number of amides is 1. The molecule has 1 amide bonds. The summed E-state index contributed by atoms with van der Waals surface area (Å²) in [7, 11) is 0.883. The van der Waals surface area contributed by atoms with Crippen molar-refractivity contribution >= 4 is 23.2 Å². The predicted molar refractivity (Wildman–Crippen MR) is 58.9 cm³/mol. The van der Waals surface area contributed by atoms with E-state index in [0.29, 0.717) is 4.90 Å². The number of rotatable bonds is 3. The first-order chi connectivity index (χ1) is 8.63. The Morgan fingerprint density at radius 2 is 2.16 bits per heavy atom. The molecule has 0 fully saturated rings. The molecule has 0 unspecified atom stereocenters. The van der Waals surface area contributed by atoms with E-state index in [0.717, 1.165) is 19.3 Å². The molecule has 0 aromatic carbocycles. The molecule has 0 radical (unpaired) electrons. The largest absolute Gasteiger partial charge is 0.406 e. The first-order valence-electron chi connectivity index (χ1n) is 4.74. The summed E-state index contributed by atoms with van der Waals surface area (Å²) in [6, 6.07) is 0.944. The number of alkyl halides is 3. The molecule has 1 aromatic rings. The highest BCUT2D eigenvalue weighted by molar-refractivity contribution is 6.32. The summed E-state index contributed by atoms with van der Waals surface area (Å²) in [6.45, 7) is -1.52. The maximum Gasteiger partial charge on any atom is 0.406 e. The highest BCUT2D eigenvalue weighted by atomic mass is 35.5. The van der Waals surface area contributed by atoms with Crippen LogP contribution in [0.15, 0.2) is 12.3 Å². The van der Waals surface area contributed by atoms with E-state index in [1.165, 1.54) is 0 Å². The van der Waals surface area contributed by atoms with Gasteiger partial charge in [0.2, 0.25) is 5.15 Å². The Labute approximate surface area is 109 Å². The van der Waals surface area contributed by atoms with Crippen LogP contribution in [0.25, 0.3) is 0 Å². The highest BCUT2D eigenvalue weighted by Crippen LogP contribution is 2.27. The van der Waals surface area contributed by atoms with E-state index < -0.39 is 40.0 Å². The van der Waals surface area contributed by atoms with Crippen molar-refractivity contribution in [3.63, 3.8) is 0 Å². The van der Waals surface area contributed by atoms with E-state index in [-0.39, 0.29) is 0 Å². The molecule has 1 heterocycles. The van der Waals surface area contributed by atoms with E-state index in [4.69, 9.17) is 11.6 Å². The standard InChI is InChI=1S/C9H7ClF3N3O3/c1-15(4-9(11,12)13)8(17)5-2-3-14-7(10)6(5)16(18)19/h2-3H,4H2,1H3. The van der Waals surface area contributed by atoms with Crippen LogP contribution in [0.4, 0.5) is 18.9 Å². The van der Waals surface area contributed by atoms with Gasteiger partial charge >= 0.3 is 11.9 Å². The second-order valence-corrected chi connectivity index (χ2v) is 3.89. The first-order valence-corrected chi connectivity index (χ1v) is 5.12. The molecular formula is C9H7ClF3N3O3. The van der Waals surface area contributed by atoms with Crippen molar-refractivity contribution in [2.75, 3.05) is 13.6 Å². The van der Waals surface area contributed by atoms with Crippen LogP contribution in [0.2, 0.25) is 5.15 Å². The van der Waals surface area contributed by atoms with Crippen molar-refractivity contribution in [1.29, 1.82) is 0 Å². The molecule has 6 nitrogen and oxygen atoms in total. The SMILES string of the molecule is CN(CC(F)(F)F)C(=O)c1ccnc(Cl)c1[N+](=O)[O-]. The lowest BCUT2D eigenvalue weighted by atomic mass is 10.2. The lowest BCUT2D eigenvalue weighted by molar-refractivity contribution is -0.385. The van der Waals surface area contributed by atoms with E-state index in [2.05, 4.69) is 4.98 Å². The molecule has 19 heavy (non-hydrogen) atoms. The van der Waals surface area contributed by atoms with Gasteiger partial charge in [-0.05, 0) is 6.07 Å². The first kappa shape index (κ1) is 15.2. The minimum absolute atomic E-state index is 0.318. The lowest BCUT2D eigenvalue weighted by Gasteiger charge is -2.18. The normalized spacial score (nSPS) is 11.2. The number of pyridine rings is 1. The average Bonchev–Trinajstić information content (AvgIpc) is 2.24. The van der Waals surface area contributed by atoms with Gasteiger partial charge in [-0.2, -0.15) is 13.2 Å². The van der Waals surface area contributed by atoms with Gasteiger partial charge in [0.25, 0.3) is 5.91 Å². The summed E-state index contributed by atoms with van der Waals surface area (Å²) in [6.07, 6.45) is -3.60. The van der Waals surface area contributed by atoms with Gasteiger partial charge < -0.3 is 4.90 Å². The monoisotopic (exact) mass is 297 g/mol. The Morgan fingerprint density at radius 3 is 2.63 bits per heavy atom. The molecule has 0 spiro atoms. The fraction of sp³-hybridized carbons (Fsp3) is 0.333. The van der Waals surface area contributed by atoms with Crippen molar-refractivity contribution in [1.82, 2.24) is 9.88 Å². The van der Waals surface area contributed by atoms with Gasteiger partial charge in [-0.15, -0.1) is 0 Å². The Balaban J connectivity index is 3.13. The zero-order valence-electron chi connectivity index (χ0n) is 9.44. The zero-order chi connectivity index (χ0) is 14.8. The number of carbonyl (C=O) groups is 1. The fourth-order valence-corrected chi connectivity index (χ4v) is 1.55. The third kappa shape index (κ3) is 3.78. The second kappa shape index (κ2) is 5.39. The Hall–Kier alpha value is -1.90. The number of hydrogen-bond donors (Lipinski definition) is 0. The maximum absolute atomic E-state index is 12.2. The average molecular weight is 298 g/mol. The number of carbonyl (C=O) groups excluding carboxylic acids is 1.